The van der Waals surface area contributed by atoms with Gasteiger partial charge >= 0.3 is 0 Å². The third-order valence-corrected chi connectivity index (χ3v) is 7.20. The molecule has 29 heavy (non-hydrogen) atoms. The molecule has 0 radical (unpaired) electrons. The molecule has 8 heteroatoms. The minimum absolute atomic E-state index is 0.130. The molecule has 1 aromatic heterocycles. The van der Waals surface area contributed by atoms with Gasteiger partial charge in [-0.25, -0.2) is 13.4 Å². The molecule has 0 bridgehead atoms. The maximum absolute atomic E-state index is 13.3. The molecule has 0 aliphatic carbocycles. The van der Waals surface area contributed by atoms with Crippen LogP contribution in [0.5, 0.6) is 11.5 Å². The molecule has 0 unspecified atom stereocenters. The van der Waals surface area contributed by atoms with E-state index < -0.39 is 10.0 Å². The standard InChI is InChI=1S/C21H25N3O4S/c1-2-12-24-20-19(8-7-11-22-20)28-18-10-9-16(15-17(18)21(24)25)29(26,27)23-13-5-3-4-6-14-23/h7-11,15H,2-6,12-14H2,1H3. The summed E-state index contributed by atoms with van der Waals surface area (Å²) in [5.41, 5.74) is 0.243. The zero-order valence-electron chi connectivity index (χ0n) is 16.5. The highest BCUT2D eigenvalue weighted by atomic mass is 32.2. The first-order valence-electron chi connectivity index (χ1n) is 10.1. The summed E-state index contributed by atoms with van der Waals surface area (Å²) in [6.07, 6.45) is 6.15. The lowest BCUT2D eigenvalue weighted by Gasteiger charge is -2.21. The Morgan fingerprint density at radius 1 is 1.07 bits per heavy atom. The molecular formula is C21H25N3O4S. The van der Waals surface area contributed by atoms with Crippen LogP contribution in [0.15, 0.2) is 41.4 Å². The fourth-order valence-electron chi connectivity index (χ4n) is 3.81. The van der Waals surface area contributed by atoms with E-state index in [1.54, 1.807) is 29.3 Å². The van der Waals surface area contributed by atoms with Gasteiger partial charge in [0.1, 0.15) is 5.75 Å². The summed E-state index contributed by atoms with van der Waals surface area (Å²) in [5, 5.41) is 0. The normalized spacial score (nSPS) is 17.7. The second-order valence-corrected chi connectivity index (χ2v) is 9.30. The summed E-state index contributed by atoms with van der Waals surface area (Å²) >= 11 is 0. The molecule has 0 spiro atoms. The smallest absolute Gasteiger partial charge is 0.263 e. The number of ether oxygens (including phenoxy) is 1. The van der Waals surface area contributed by atoms with E-state index in [1.807, 2.05) is 6.92 Å². The fraction of sp³-hybridized carbons (Fsp3) is 0.429. The van der Waals surface area contributed by atoms with Gasteiger partial charge in [0.2, 0.25) is 10.0 Å². The average molecular weight is 416 g/mol. The van der Waals surface area contributed by atoms with Crippen molar-refractivity contribution in [3.8, 4) is 11.5 Å². The lowest BCUT2D eigenvalue weighted by molar-refractivity contribution is 0.0986. The van der Waals surface area contributed by atoms with Gasteiger partial charge in [-0.05, 0) is 49.6 Å². The van der Waals surface area contributed by atoms with Gasteiger partial charge in [0.25, 0.3) is 5.91 Å². The van der Waals surface area contributed by atoms with E-state index in [4.69, 9.17) is 4.74 Å². The van der Waals surface area contributed by atoms with E-state index in [2.05, 4.69) is 4.98 Å². The van der Waals surface area contributed by atoms with Crippen LogP contribution in [0.25, 0.3) is 0 Å². The van der Waals surface area contributed by atoms with Crippen LogP contribution >= 0.6 is 0 Å². The fourth-order valence-corrected chi connectivity index (χ4v) is 5.36. The molecule has 1 fully saturated rings. The molecule has 154 valence electrons. The summed E-state index contributed by atoms with van der Waals surface area (Å²) in [6.45, 7) is 3.47. The maximum Gasteiger partial charge on any atom is 0.263 e. The number of hydrogen-bond donors (Lipinski definition) is 0. The zero-order chi connectivity index (χ0) is 20.4. The lowest BCUT2D eigenvalue weighted by Crippen LogP contribution is -2.33. The van der Waals surface area contributed by atoms with Crippen LogP contribution in [0.4, 0.5) is 5.82 Å². The van der Waals surface area contributed by atoms with Gasteiger partial charge in [-0.15, -0.1) is 0 Å². The average Bonchev–Trinajstić information content (AvgIpc) is 3.07. The first-order valence-corrected chi connectivity index (χ1v) is 11.6. The topological polar surface area (TPSA) is 79.8 Å². The third kappa shape index (κ3) is 3.74. The van der Waals surface area contributed by atoms with Crippen molar-refractivity contribution in [1.29, 1.82) is 0 Å². The Labute approximate surface area is 171 Å². The number of amides is 1. The van der Waals surface area contributed by atoms with Crippen molar-refractivity contribution in [2.24, 2.45) is 0 Å². The first kappa shape index (κ1) is 19.8. The summed E-state index contributed by atoms with van der Waals surface area (Å²) in [5.74, 6) is 0.980. The van der Waals surface area contributed by atoms with Crippen molar-refractivity contribution in [3.05, 3.63) is 42.1 Å². The number of nitrogens with zero attached hydrogens (tertiary/aromatic N) is 3. The van der Waals surface area contributed by atoms with Crippen LogP contribution in [0, 0.1) is 0 Å². The van der Waals surface area contributed by atoms with Crippen LogP contribution < -0.4 is 9.64 Å². The molecule has 1 saturated heterocycles. The SMILES string of the molecule is CCCN1C(=O)c2cc(S(=O)(=O)N3CCCCCC3)ccc2Oc2cccnc21. The Hall–Kier alpha value is -2.45. The molecule has 2 aromatic rings. The van der Waals surface area contributed by atoms with Gasteiger partial charge in [-0.2, -0.15) is 4.31 Å². The van der Waals surface area contributed by atoms with Gasteiger partial charge in [0, 0.05) is 25.8 Å². The Morgan fingerprint density at radius 2 is 1.83 bits per heavy atom. The lowest BCUT2D eigenvalue weighted by atomic mass is 10.1. The molecule has 3 heterocycles. The minimum atomic E-state index is -3.66. The summed E-state index contributed by atoms with van der Waals surface area (Å²) < 4.78 is 33.9. The molecule has 2 aliphatic rings. The number of aromatic nitrogens is 1. The third-order valence-electron chi connectivity index (χ3n) is 5.30. The maximum atomic E-state index is 13.3. The second-order valence-electron chi connectivity index (χ2n) is 7.36. The number of sulfonamides is 1. The number of anilines is 1. The number of hydrogen-bond acceptors (Lipinski definition) is 5. The monoisotopic (exact) mass is 415 g/mol. The van der Waals surface area contributed by atoms with Crippen molar-refractivity contribution in [2.45, 2.75) is 43.9 Å². The van der Waals surface area contributed by atoms with Gasteiger partial charge in [0.15, 0.2) is 11.6 Å². The minimum Gasteiger partial charge on any atom is -0.453 e. The van der Waals surface area contributed by atoms with Crippen LogP contribution in [-0.2, 0) is 10.0 Å². The predicted molar refractivity (Wildman–Crippen MR) is 110 cm³/mol. The molecule has 1 amide bonds. The van der Waals surface area contributed by atoms with E-state index >= 15 is 0 Å². The van der Waals surface area contributed by atoms with Crippen molar-refractivity contribution >= 4 is 21.7 Å². The van der Waals surface area contributed by atoms with Gasteiger partial charge in [-0.3, -0.25) is 9.69 Å². The van der Waals surface area contributed by atoms with Crippen molar-refractivity contribution < 1.29 is 17.9 Å². The highest BCUT2D eigenvalue weighted by Gasteiger charge is 2.32. The number of carbonyl (C=O) groups excluding carboxylic acids is 1. The summed E-state index contributed by atoms with van der Waals surface area (Å²) in [4.78, 5) is 19.3. The first-order chi connectivity index (χ1) is 14.0. The van der Waals surface area contributed by atoms with E-state index in [9.17, 15) is 13.2 Å². The van der Waals surface area contributed by atoms with Crippen molar-refractivity contribution in [1.82, 2.24) is 9.29 Å². The summed E-state index contributed by atoms with van der Waals surface area (Å²) in [7, 11) is -3.66. The zero-order valence-corrected chi connectivity index (χ0v) is 17.3. The van der Waals surface area contributed by atoms with E-state index in [1.165, 1.54) is 16.4 Å². The van der Waals surface area contributed by atoms with Gasteiger partial charge in [0.05, 0.1) is 10.5 Å². The molecule has 0 N–H and O–H groups in total. The molecule has 7 nitrogen and oxygen atoms in total. The highest BCUT2D eigenvalue weighted by Crippen LogP contribution is 2.38. The van der Waals surface area contributed by atoms with Gasteiger partial charge < -0.3 is 4.74 Å². The number of fused-ring (bicyclic) bond motifs is 2. The quantitative estimate of drug-likeness (QED) is 0.759. The van der Waals surface area contributed by atoms with Crippen LogP contribution in [0.1, 0.15) is 49.4 Å². The van der Waals surface area contributed by atoms with Crippen LogP contribution in [0.3, 0.4) is 0 Å². The molecule has 0 atom stereocenters. The molecular weight excluding hydrogens is 390 g/mol. The Morgan fingerprint density at radius 3 is 2.55 bits per heavy atom. The van der Waals surface area contributed by atoms with Crippen LogP contribution in [-0.4, -0.2) is 43.2 Å². The van der Waals surface area contributed by atoms with Crippen molar-refractivity contribution in [3.63, 3.8) is 0 Å². The van der Waals surface area contributed by atoms with Crippen molar-refractivity contribution in [2.75, 3.05) is 24.5 Å². The Kier molecular flexibility index (Phi) is 5.56. The number of pyridine rings is 1. The molecule has 0 saturated carbocycles. The molecule has 4 rings (SSSR count). The molecule has 1 aromatic carbocycles. The van der Waals surface area contributed by atoms with E-state index in [0.717, 1.165) is 32.1 Å². The number of carbonyl (C=O) groups is 1. The predicted octanol–water partition coefficient (Wildman–Crippen LogP) is 3.81. The van der Waals surface area contributed by atoms with E-state index in [0.29, 0.717) is 37.0 Å². The Bertz CT molecular complexity index is 1010. The molecule has 2 aliphatic heterocycles. The summed E-state index contributed by atoms with van der Waals surface area (Å²) in [6, 6.07) is 8.06. The largest absolute Gasteiger partial charge is 0.453 e. The Balaban J connectivity index is 1.76. The van der Waals surface area contributed by atoms with Gasteiger partial charge in [-0.1, -0.05) is 19.8 Å². The number of benzene rings is 1. The highest BCUT2D eigenvalue weighted by molar-refractivity contribution is 7.89. The van der Waals surface area contributed by atoms with E-state index in [-0.39, 0.29) is 16.4 Å². The number of rotatable bonds is 4. The second kappa shape index (κ2) is 8.12. The van der Waals surface area contributed by atoms with Crippen LogP contribution in [0.2, 0.25) is 0 Å².